The quantitative estimate of drug-likeness (QED) is 0.164. The van der Waals surface area contributed by atoms with E-state index in [9.17, 15) is 0 Å². The standard InChI is InChI=1S/2C17H31NS2.Ni/c2*19-17(20)18(15-11-7-3-1-4-8-12-15)16-13-9-5-2-6-10-14-16;/h2*15-16H,1-14H2,(H,19,20);/q;;+2/p-2. The third-order valence-corrected chi connectivity index (χ3v) is 11.1. The van der Waals surface area contributed by atoms with Gasteiger partial charge in [-0.2, -0.15) is 0 Å². The minimum atomic E-state index is 0. The average molecular weight is 684 g/mol. The van der Waals surface area contributed by atoms with Gasteiger partial charge in [-0.3, -0.25) is 0 Å². The van der Waals surface area contributed by atoms with Crippen LogP contribution in [0.1, 0.15) is 180 Å². The molecule has 41 heavy (non-hydrogen) atoms. The molecule has 4 saturated carbocycles. The number of hydrogen-bond donors (Lipinski definition) is 0. The van der Waals surface area contributed by atoms with Gasteiger partial charge in [0, 0.05) is 24.2 Å². The molecule has 0 heterocycles. The van der Waals surface area contributed by atoms with Crippen LogP contribution in [0.2, 0.25) is 0 Å². The second-order valence-corrected chi connectivity index (χ2v) is 15.4. The molecule has 0 atom stereocenters. The first-order valence-corrected chi connectivity index (χ1v) is 19.2. The summed E-state index contributed by atoms with van der Waals surface area (Å²) in [6.07, 6.45) is 38.4. The smallest absolute Gasteiger partial charge is 0.411 e. The molecule has 0 saturated heterocycles. The van der Waals surface area contributed by atoms with Crippen molar-refractivity contribution in [1.29, 1.82) is 0 Å². The van der Waals surface area contributed by atoms with Crippen LogP contribution in [0.4, 0.5) is 0 Å². The second-order valence-electron chi connectivity index (χ2n) is 13.3. The Labute approximate surface area is 286 Å². The number of rotatable bonds is 4. The average Bonchev–Trinajstić information content (AvgIpc) is 2.84. The summed E-state index contributed by atoms with van der Waals surface area (Å²) in [5.41, 5.74) is 0. The van der Waals surface area contributed by atoms with Crippen LogP contribution in [-0.4, -0.2) is 42.6 Å². The molecule has 0 amide bonds. The molecule has 0 unspecified atom stereocenters. The molecule has 0 aromatic carbocycles. The van der Waals surface area contributed by atoms with Gasteiger partial charge in [-0.25, -0.2) is 0 Å². The van der Waals surface area contributed by atoms with E-state index in [1.54, 1.807) is 0 Å². The summed E-state index contributed by atoms with van der Waals surface area (Å²) < 4.78 is 1.50. The van der Waals surface area contributed by atoms with Gasteiger partial charge in [0.25, 0.3) is 0 Å². The zero-order chi connectivity index (χ0) is 28.4. The molecular weight excluding hydrogens is 623 g/mol. The van der Waals surface area contributed by atoms with Crippen molar-refractivity contribution in [3.8, 4) is 0 Å². The largest absolute Gasteiger partial charge is 2.00 e. The van der Waals surface area contributed by atoms with Crippen LogP contribution in [-0.2, 0) is 41.7 Å². The second kappa shape index (κ2) is 23.1. The summed E-state index contributed by atoms with van der Waals surface area (Å²) in [6.45, 7) is 0. The zero-order valence-electron chi connectivity index (χ0n) is 26.0. The fourth-order valence-electron chi connectivity index (χ4n) is 8.04. The van der Waals surface area contributed by atoms with Gasteiger partial charge in [0.1, 0.15) is 0 Å². The Morgan fingerprint density at radius 3 is 0.634 bits per heavy atom. The molecule has 0 radical (unpaired) electrons. The van der Waals surface area contributed by atoms with Gasteiger partial charge < -0.3 is 59.5 Å². The van der Waals surface area contributed by atoms with Gasteiger partial charge in [0.05, 0.1) is 0 Å². The van der Waals surface area contributed by atoms with E-state index in [-0.39, 0.29) is 16.5 Å². The third-order valence-electron chi connectivity index (χ3n) is 10.3. The minimum Gasteiger partial charge on any atom is -0.411 e. The molecule has 2 nitrogen and oxygen atoms in total. The first kappa shape index (κ1) is 37.9. The van der Waals surface area contributed by atoms with Gasteiger partial charge in [-0.15, -0.1) is 0 Å². The number of thiocarbonyl (C=S) groups is 2. The van der Waals surface area contributed by atoms with Crippen LogP contribution >= 0.6 is 24.4 Å². The molecule has 4 rings (SSSR count). The Hall–Kier alpha value is 0.714. The van der Waals surface area contributed by atoms with Gasteiger partial charge >= 0.3 is 16.5 Å². The molecule has 0 spiro atoms. The Balaban J connectivity index is 0.000000280. The minimum absolute atomic E-state index is 0. The third kappa shape index (κ3) is 14.6. The maximum atomic E-state index is 5.48. The molecule has 0 N–H and O–H groups in total. The van der Waals surface area contributed by atoms with Crippen LogP contribution < -0.4 is 0 Å². The van der Waals surface area contributed by atoms with E-state index in [0.29, 0.717) is 24.2 Å². The molecule has 4 aliphatic carbocycles. The van der Waals surface area contributed by atoms with Crippen LogP contribution in [0.25, 0.3) is 0 Å². The summed E-state index contributed by atoms with van der Waals surface area (Å²) in [6, 6.07) is 2.57. The first-order chi connectivity index (χ1) is 19.6. The summed E-state index contributed by atoms with van der Waals surface area (Å²) >= 11 is 21.9. The van der Waals surface area contributed by atoms with E-state index in [1.807, 2.05) is 0 Å². The monoisotopic (exact) mass is 682 g/mol. The summed E-state index contributed by atoms with van der Waals surface area (Å²) in [4.78, 5) is 5.00. The van der Waals surface area contributed by atoms with E-state index >= 15 is 0 Å². The molecule has 0 aromatic heterocycles. The van der Waals surface area contributed by atoms with Crippen LogP contribution in [0.15, 0.2) is 0 Å². The van der Waals surface area contributed by atoms with E-state index in [0.717, 1.165) is 8.64 Å². The van der Waals surface area contributed by atoms with Crippen molar-refractivity contribution in [3.05, 3.63) is 0 Å². The fourth-order valence-corrected chi connectivity index (χ4v) is 9.24. The maximum absolute atomic E-state index is 5.48. The topological polar surface area (TPSA) is 6.48 Å². The first-order valence-electron chi connectivity index (χ1n) is 17.6. The SMILES string of the molecule is S=C([S-])N(C1CCCCCCC1)C1CCCCCCC1.S=C([S-])N(C1CCCCCCC1)C1CCCCCCC1.[Ni+2]. The molecule has 240 valence electrons. The Bertz CT molecular complexity index is 574. The molecule has 7 heteroatoms. The summed E-state index contributed by atoms with van der Waals surface area (Å²) in [7, 11) is 0. The normalized spacial score (nSPS) is 23.6. The van der Waals surface area contributed by atoms with Gasteiger partial charge in [-0.05, 0) is 51.4 Å². The predicted molar refractivity (Wildman–Crippen MR) is 188 cm³/mol. The van der Waals surface area contributed by atoms with E-state index in [4.69, 9.17) is 49.7 Å². The van der Waals surface area contributed by atoms with E-state index < -0.39 is 0 Å². The molecule has 4 aliphatic rings. The van der Waals surface area contributed by atoms with Crippen molar-refractivity contribution >= 4 is 58.3 Å². The zero-order valence-corrected chi connectivity index (χ0v) is 30.2. The summed E-state index contributed by atoms with van der Waals surface area (Å²) in [5, 5.41) is 0. The Morgan fingerprint density at radius 1 is 0.341 bits per heavy atom. The van der Waals surface area contributed by atoms with Crippen molar-refractivity contribution in [2.45, 2.75) is 204 Å². The Morgan fingerprint density at radius 2 is 0.488 bits per heavy atom. The predicted octanol–water partition coefficient (Wildman–Crippen LogP) is 10.7. The van der Waals surface area contributed by atoms with Crippen LogP contribution in [0.5, 0.6) is 0 Å². The van der Waals surface area contributed by atoms with E-state index in [2.05, 4.69) is 9.80 Å². The molecule has 0 bridgehead atoms. The Kier molecular flexibility index (Phi) is 21.4. The molecule has 0 aliphatic heterocycles. The fraction of sp³-hybridized carbons (Fsp3) is 0.941. The van der Waals surface area contributed by atoms with Crippen LogP contribution in [0, 0.1) is 0 Å². The van der Waals surface area contributed by atoms with Crippen molar-refractivity contribution in [3.63, 3.8) is 0 Å². The molecule has 0 aromatic rings. The van der Waals surface area contributed by atoms with Gasteiger partial charge in [-0.1, -0.05) is 137 Å². The maximum Gasteiger partial charge on any atom is 2.00 e. The molecular formula is C34H60N2NiS4. The van der Waals surface area contributed by atoms with Crippen molar-refractivity contribution in [2.24, 2.45) is 0 Å². The van der Waals surface area contributed by atoms with E-state index in [1.165, 1.54) is 180 Å². The number of nitrogens with zero attached hydrogens (tertiary/aromatic N) is 2. The summed E-state index contributed by atoms with van der Waals surface area (Å²) in [5.74, 6) is 0. The van der Waals surface area contributed by atoms with Crippen molar-refractivity contribution < 1.29 is 16.5 Å². The van der Waals surface area contributed by atoms with Crippen molar-refractivity contribution in [2.75, 3.05) is 0 Å². The van der Waals surface area contributed by atoms with Gasteiger partial charge in [0.15, 0.2) is 0 Å². The van der Waals surface area contributed by atoms with Crippen LogP contribution in [0.3, 0.4) is 0 Å². The molecule has 4 fully saturated rings. The van der Waals surface area contributed by atoms with Crippen molar-refractivity contribution in [1.82, 2.24) is 9.80 Å². The van der Waals surface area contributed by atoms with Gasteiger partial charge in [0.2, 0.25) is 0 Å². The number of hydrogen-bond acceptors (Lipinski definition) is 4.